The lowest BCUT2D eigenvalue weighted by molar-refractivity contribution is 0.103. The number of carbonyl (C=O) groups excluding carboxylic acids is 1. The first-order valence-corrected chi connectivity index (χ1v) is 7.79. The van der Waals surface area contributed by atoms with Gasteiger partial charge in [0.05, 0.1) is 11.1 Å². The van der Waals surface area contributed by atoms with Gasteiger partial charge in [0, 0.05) is 18.4 Å². The fraction of sp³-hybridized carbons (Fsp3) is 0.0526. The van der Waals surface area contributed by atoms with E-state index >= 15 is 0 Å². The van der Waals surface area contributed by atoms with Crippen molar-refractivity contribution in [2.75, 3.05) is 23.4 Å². The highest BCUT2D eigenvalue weighted by atomic mass is 19.1. The second-order valence-electron chi connectivity index (χ2n) is 5.51. The van der Waals surface area contributed by atoms with E-state index in [1.807, 2.05) is 31.3 Å². The first-order valence-electron chi connectivity index (χ1n) is 7.79. The summed E-state index contributed by atoms with van der Waals surface area (Å²) in [5.41, 5.74) is 6.85. The van der Waals surface area contributed by atoms with E-state index in [1.54, 1.807) is 0 Å². The summed E-state index contributed by atoms with van der Waals surface area (Å²) in [6, 6.07) is 13.6. The maximum absolute atomic E-state index is 13.8. The number of hydrogen-bond donors (Lipinski definition) is 3. The predicted octanol–water partition coefficient (Wildman–Crippen LogP) is 3.96. The molecule has 0 radical (unpaired) electrons. The molecule has 0 aliphatic rings. The van der Waals surface area contributed by atoms with Gasteiger partial charge in [0.15, 0.2) is 0 Å². The summed E-state index contributed by atoms with van der Waals surface area (Å²) in [5, 5.41) is 6.06. The van der Waals surface area contributed by atoms with Gasteiger partial charge in [0.2, 0.25) is 5.78 Å². The lowest BCUT2D eigenvalue weighted by Gasteiger charge is -2.10. The van der Waals surface area contributed by atoms with Gasteiger partial charge in [-0.25, -0.2) is 13.8 Å². The van der Waals surface area contributed by atoms with Gasteiger partial charge in [0.1, 0.15) is 23.3 Å². The molecule has 0 aliphatic carbocycles. The molecule has 26 heavy (non-hydrogen) atoms. The van der Waals surface area contributed by atoms with Crippen LogP contribution in [0.15, 0.2) is 54.6 Å². The largest absolute Gasteiger partial charge is 0.388 e. The van der Waals surface area contributed by atoms with Gasteiger partial charge in [-0.15, -0.1) is 0 Å². The number of ketones is 1. The van der Waals surface area contributed by atoms with Crippen molar-refractivity contribution in [3.8, 4) is 0 Å². The van der Waals surface area contributed by atoms with Crippen molar-refractivity contribution in [3.63, 3.8) is 0 Å². The van der Waals surface area contributed by atoms with Crippen LogP contribution >= 0.6 is 0 Å². The fourth-order valence-electron chi connectivity index (χ4n) is 2.45. The Hall–Kier alpha value is -3.48. The molecule has 5 nitrogen and oxygen atoms in total. The molecule has 0 spiro atoms. The number of nitrogens with one attached hydrogen (secondary N) is 2. The molecule has 4 N–H and O–H groups in total. The van der Waals surface area contributed by atoms with E-state index in [9.17, 15) is 13.6 Å². The van der Waals surface area contributed by atoms with Crippen LogP contribution in [0.3, 0.4) is 0 Å². The first kappa shape index (κ1) is 17.3. The van der Waals surface area contributed by atoms with Crippen molar-refractivity contribution in [1.82, 2.24) is 4.98 Å². The summed E-state index contributed by atoms with van der Waals surface area (Å²) in [6.07, 6.45) is 0. The van der Waals surface area contributed by atoms with E-state index in [2.05, 4.69) is 15.6 Å². The summed E-state index contributed by atoms with van der Waals surface area (Å²) >= 11 is 0. The van der Waals surface area contributed by atoms with Crippen molar-refractivity contribution in [2.45, 2.75) is 0 Å². The average molecular weight is 354 g/mol. The molecule has 0 saturated heterocycles. The molecule has 0 amide bonds. The minimum Gasteiger partial charge on any atom is -0.388 e. The van der Waals surface area contributed by atoms with Crippen molar-refractivity contribution in [1.29, 1.82) is 0 Å². The molecule has 0 saturated carbocycles. The number of aromatic nitrogens is 1. The molecular weight excluding hydrogens is 338 g/mol. The zero-order valence-electron chi connectivity index (χ0n) is 13.9. The number of carbonyl (C=O) groups is 1. The topological polar surface area (TPSA) is 80.0 Å². The molecule has 1 heterocycles. The van der Waals surface area contributed by atoms with Gasteiger partial charge in [-0.1, -0.05) is 6.07 Å². The first-order chi connectivity index (χ1) is 12.5. The Morgan fingerprint density at radius 1 is 0.962 bits per heavy atom. The van der Waals surface area contributed by atoms with Crippen molar-refractivity contribution in [3.05, 3.63) is 77.4 Å². The second kappa shape index (κ2) is 7.18. The van der Waals surface area contributed by atoms with Crippen molar-refractivity contribution in [2.24, 2.45) is 0 Å². The number of anilines is 4. The van der Waals surface area contributed by atoms with Crippen LogP contribution < -0.4 is 16.4 Å². The van der Waals surface area contributed by atoms with Crippen molar-refractivity contribution < 1.29 is 13.6 Å². The molecule has 0 bridgehead atoms. The average Bonchev–Trinajstić information content (AvgIpc) is 2.62. The molecule has 7 heteroatoms. The number of nitrogens with zero attached hydrogens (tertiary/aromatic N) is 1. The monoisotopic (exact) mass is 354 g/mol. The lowest BCUT2D eigenvalue weighted by Crippen LogP contribution is -2.11. The Morgan fingerprint density at radius 3 is 2.15 bits per heavy atom. The van der Waals surface area contributed by atoms with Crippen molar-refractivity contribution >= 4 is 28.8 Å². The van der Waals surface area contributed by atoms with Gasteiger partial charge in [0.25, 0.3) is 0 Å². The fourth-order valence-corrected chi connectivity index (χ4v) is 2.45. The molecule has 132 valence electrons. The summed E-state index contributed by atoms with van der Waals surface area (Å²) < 4.78 is 27.6. The number of nitrogen functional groups attached to an aromatic ring is 1. The molecular formula is C19H16F2N4O. The lowest BCUT2D eigenvalue weighted by atomic mass is 10.0. The molecule has 1 aromatic heterocycles. The molecule has 0 atom stereocenters. The molecule has 3 rings (SSSR count). The Balaban J connectivity index is 1.86. The van der Waals surface area contributed by atoms with Gasteiger partial charge in [-0.05, 0) is 48.5 Å². The van der Waals surface area contributed by atoms with Crippen LogP contribution in [-0.2, 0) is 0 Å². The van der Waals surface area contributed by atoms with Crippen LogP contribution in [0.25, 0.3) is 0 Å². The van der Waals surface area contributed by atoms with E-state index in [4.69, 9.17) is 5.73 Å². The molecule has 0 unspecified atom stereocenters. The third-order valence-electron chi connectivity index (χ3n) is 3.81. The maximum Gasteiger partial charge on any atom is 0.202 e. The van der Waals surface area contributed by atoms with E-state index in [1.165, 1.54) is 18.2 Å². The summed E-state index contributed by atoms with van der Waals surface area (Å²) in [7, 11) is 1.82. The highest BCUT2D eigenvalue weighted by molar-refractivity contribution is 6.12. The van der Waals surface area contributed by atoms with Gasteiger partial charge >= 0.3 is 0 Å². The standard InChI is InChI=1S/C19H16F2N4O/c1-23-11-5-7-12(8-6-11)24-16-10-9-13(19(22)25-16)18(26)17-14(20)3-2-4-15(17)21/h2-10,23H,1H3,(H3,22,24,25). The van der Waals surface area contributed by atoms with E-state index in [0.717, 1.165) is 23.5 Å². The summed E-state index contributed by atoms with van der Waals surface area (Å²) in [5.74, 6) is -2.45. The van der Waals surface area contributed by atoms with Crippen LogP contribution in [-0.4, -0.2) is 17.8 Å². The quantitative estimate of drug-likeness (QED) is 0.605. The van der Waals surface area contributed by atoms with E-state index < -0.39 is 23.0 Å². The maximum atomic E-state index is 13.8. The predicted molar refractivity (Wildman–Crippen MR) is 97.7 cm³/mol. The van der Waals surface area contributed by atoms with Gasteiger partial charge in [-0.2, -0.15) is 0 Å². The molecule has 2 aromatic carbocycles. The molecule has 0 fully saturated rings. The Morgan fingerprint density at radius 2 is 1.58 bits per heavy atom. The zero-order valence-corrected chi connectivity index (χ0v) is 13.9. The van der Waals surface area contributed by atoms with E-state index in [-0.39, 0.29) is 11.4 Å². The van der Waals surface area contributed by atoms with Crippen LogP contribution in [0.2, 0.25) is 0 Å². The highest BCUT2D eigenvalue weighted by Crippen LogP contribution is 2.23. The normalized spacial score (nSPS) is 10.4. The number of benzene rings is 2. The van der Waals surface area contributed by atoms with Crippen LogP contribution in [0, 0.1) is 11.6 Å². The number of hydrogen-bond acceptors (Lipinski definition) is 5. The van der Waals surface area contributed by atoms with Crippen LogP contribution in [0.5, 0.6) is 0 Å². The minimum absolute atomic E-state index is 0.0647. The van der Waals surface area contributed by atoms with Gasteiger partial charge < -0.3 is 16.4 Å². The Bertz CT molecular complexity index is 938. The number of pyridine rings is 1. The highest BCUT2D eigenvalue weighted by Gasteiger charge is 2.21. The van der Waals surface area contributed by atoms with E-state index in [0.29, 0.717) is 5.82 Å². The zero-order chi connectivity index (χ0) is 18.7. The third kappa shape index (κ3) is 3.46. The van der Waals surface area contributed by atoms with Crippen LogP contribution in [0.4, 0.5) is 31.8 Å². The molecule has 0 aliphatic heterocycles. The third-order valence-corrected chi connectivity index (χ3v) is 3.81. The minimum atomic E-state index is -0.943. The molecule has 3 aromatic rings. The number of nitrogens with two attached hydrogens (primary N) is 1. The summed E-state index contributed by atoms with van der Waals surface area (Å²) in [4.78, 5) is 16.5. The second-order valence-corrected chi connectivity index (χ2v) is 5.51. The van der Waals surface area contributed by atoms with Gasteiger partial charge in [-0.3, -0.25) is 4.79 Å². The summed E-state index contributed by atoms with van der Waals surface area (Å²) in [6.45, 7) is 0. The number of halogens is 2. The Kier molecular flexibility index (Phi) is 4.79. The number of rotatable bonds is 5. The van der Waals surface area contributed by atoms with Crippen LogP contribution in [0.1, 0.15) is 15.9 Å². The SMILES string of the molecule is CNc1ccc(Nc2ccc(C(=O)c3c(F)cccc3F)c(N)n2)cc1. The Labute approximate surface area is 148 Å². The smallest absolute Gasteiger partial charge is 0.202 e.